The fourth-order valence-electron chi connectivity index (χ4n) is 3.92. The van der Waals surface area contributed by atoms with Gasteiger partial charge in [0.05, 0.1) is 6.04 Å². The second-order valence-corrected chi connectivity index (χ2v) is 6.80. The lowest BCUT2D eigenvalue weighted by atomic mass is 10.0. The smallest absolute Gasteiger partial charge is 0.237 e. The maximum atomic E-state index is 13.0. The molecule has 1 aliphatic carbocycles. The van der Waals surface area contributed by atoms with Gasteiger partial charge in [-0.25, -0.2) is 4.39 Å². The van der Waals surface area contributed by atoms with Crippen LogP contribution in [0.25, 0.3) is 0 Å². The van der Waals surface area contributed by atoms with E-state index < -0.39 is 0 Å². The highest BCUT2D eigenvalue weighted by Gasteiger charge is 2.34. The van der Waals surface area contributed by atoms with Crippen LogP contribution in [0.3, 0.4) is 0 Å². The second kappa shape index (κ2) is 7.41. The first kappa shape index (κ1) is 16.4. The average Bonchev–Trinajstić information content (AvgIpc) is 3.18. The van der Waals surface area contributed by atoms with E-state index in [2.05, 4.69) is 10.2 Å². The number of carbonyl (C=O) groups excluding carboxylic acids is 1. The van der Waals surface area contributed by atoms with E-state index in [0.29, 0.717) is 19.0 Å². The monoisotopic (exact) mass is 319 g/mol. The second-order valence-electron chi connectivity index (χ2n) is 6.80. The van der Waals surface area contributed by atoms with Crippen LogP contribution >= 0.6 is 0 Å². The van der Waals surface area contributed by atoms with Crippen molar-refractivity contribution in [2.24, 2.45) is 11.7 Å². The molecular formula is C18H26FN3O. The summed E-state index contributed by atoms with van der Waals surface area (Å²) in [5, 5.41) is 3.23. The molecular weight excluding hydrogens is 293 g/mol. The van der Waals surface area contributed by atoms with Gasteiger partial charge in [-0.2, -0.15) is 0 Å². The van der Waals surface area contributed by atoms with Crippen LogP contribution in [0.4, 0.5) is 4.39 Å². The SMILES string of the molecule is NCC1CCCC1NC(=O)C1CCCN1Cc1ccc(F)cc1. The van der Waals surface area contributed by atoms with Crippen LogP contribution in [0.15, 0.2) is 24.3 Å². The van der Waals surface area contributed by atoms with Crippen molar-refractivity contribution in [1.29, 1.82) is 0 Å². The van der Waals surface area contributed by atoms with E-state index in [-0.39, 0.29) is 23.8 Å². The molecule has 2 aliphatic rings. The summed E-state index contributed by atoms with van der Waals surface area (Å²) in [6.45, 7) is 2.26. The van der Waals surface area contributed by atoms with Crippen molar-refractivity contribution in [1.82, 2.24) is 10.2 Å². The predicted molar refractivity (Wildman–Crippen MR) is 88.2 cm³/mol. The van der Waals surface area contributed by atoms with Crippen LogP contribution < -0.4 is 11.1 Å². The van der Waals surface area contributed by atoms with Crippen LogP contribution in [0.1, 0.15) is 37.7 Å². The topological polar surface area (TPSA) is 58.4 Å². The number of amides is 1. The lowest BCUT2D eigenvalue weighted by molar-refractivity contribution is -0.126. The Morgan fingerprint density at radius 2 is 2.00 bits per heavy atom. The van der Waals surface area contributed by atoms with Gasteiger partial charge in [0.25, 0.3) is 0 Å². The molecule has 3 rings (SSSR count). The van der Waals surface area contributed by atoms with Crippen molar-refractivity contribution in [3.63, 3.8) is 0 Å². The quantitative estimate of drug-likeness (QED) is 0.873. The van der Waals surface area contributed by atoms with Gasteiger partial charge in [0, 0.05) is 12.6 Å². The van der Waals surface area contributed by atoms with Gasteiger partial charge in [0.1, 0.15) is 5.82 Å². The third-order valence-electron chi connectivity index (χ3n) is 5.25. The number of carbonyl (C=O) groups is 1. The van der Waals surface area contributed by atoms with Crippen LogP contribution in [-0.2, 0) is 11.3 Å². The van der Waals surface area contributed by atoms with Crippen molar-refractivity contribution in [3.8, 4) is 0 Å². The van der Waals surface area contributed by atoms with E-state index in [1.807, 2.05) is 0 Å². The molecule has 0 aromatic heterocycles. The number of nitrogens with one attached hydrogen (secondary N) is 1. The van der Waals surface area contributed by atoms with E-state index in [1.165, 1.54) is 12.1 Å². The fourth-order valence-corrected chi connectivity index (χ4v) is 3.92. The Morgan fingerprint density at radius 3 is 2.74 bits per heavy atom. The Balaban J connectivity index is 1.59. The highest BCUT2D eigenvalue weighted by atomic mass is 19.1. The zero-order valence-electron chi connectivity index (χ0n) is 13.5. The minimum absolute atomic E-state index is 0.0703. The Hall–Kier alpha value is -1.46. The number of nitrogens with two attached hydrogens (primary N) is 1. The molecule has 23 heavy (non-hydrogen) atoms. The normalized spacial score (nSPS) is 28.2. The number of halogens is 1. The third-order valence-corrected chi connectivity index (χ3v) is 5.25. The number of rotatable bonds is 5. The lowest BCUT2D eigenvalue weighted by Gasteiger charge is -2.27. The molecule has 1 aromatic rings. The summed E-state index contributed by atoms with van der Waals surface area (Å²) in [4.78, 5) is 14.9. The number of likely N-dealkylation sites (tertiary alicyclic amines) is 1. The largest absolute Gasteiger partial charge is 0.352 e. The molecule has 3 N–H and O–H groups in total. The molecule has 1 amide bonds. The van der Waals surface area contributed by atoms with Crippen LogP contribution in [-0.4, -0.2) is 36.0 Å². The summed E-state index contributed by atoms with van der Waals surface area (Å²) < 4.78 is 13.0. The molecule has 1 aromatic carbocycles. The Labute approximate surface area is 137 Å². The van der Waals surface area contributed by atoms with E-state index in [9.17, 15) is 9.18 Å². The fraction of sp³-hybridized carbons (Fsp3) is 0.611. The molecule has 0 radical (unpaired) electrons. The van der Waals surface area contributed by atoms with E-state index >= 15 is 0 Å². The Kier molecular flexibility index (Phi) is 5.28. The molecule has 0 bridgehead atoms. The van der Waals surface area contributed by atoms with E-state index in [4.69, 9.17) is 5.73 Å². The van der Waals surface area contributed by atoms with Crippen molar-refractivity contribution in [3.05, 3.63) is 35.6 Å². The first-order valence-electron chi connectivity index (χ1n) is 8.66. The van der Waals surface area contributed by atoms with Gasteiger partial charge >= 0.3 is 0 Å². The van der Waals surface area contributed by atoms with Gasteiger partial charge in [-0.3, -0.25) is 9.69 Å². The molecule has 2 fully saturated rings. The van der Waals surface area contributed by atoms with Crippen LogP contribution in [0.2, 0.25) is 0 Å². The standard InChI is InChI=1S/C18H26FN3O/c19-15-8-6-13(7-9-15)12-22-10-2-5-17(22)18(23)21-16-4-1-3-14(16)11-20/h6-9,14,16-17H,1-5,10-12,20H2,(H,21,23). The van der Waals surface area contributed by atoms with Crippen LogP contribution in [0, 0.1) is 11.7 Å². The van der Waals surface area contributed by atoms with Gasteiger partial charge in [0.15, 0.2) is 0 Å². The number of benzene rings is 1. The van der Waals surface area contributed by atoms with Gasteiger partial charge < -0.3 is 11.1 Å². The molecule has 3 unspecified atom stereocenters. The summed E-state index contributed by atoms with van der Waals surface area (Å²) in [5.74, 6) is 0.333. The Bertz CT molecular complexity index is 534. The molecule has 0 spiro atoms. The minimum atomic E-state index is -0.224. The summed E-state index contributed by atoms with van der Waals surface area (Å²) >= 11 is 0. The first-order chi connectivity index (χ1) is 11.2. The predicted octanol–water partition coefficient (Wildman–Crippen LogP) is 2.03. The van der Waals surface area contributed by atoms with E-state index in [1.54, 1.807) is 12.1 Å². The van der Waals surface area contributed by atoms with Gasteiger partial charge in [-0.05, 0) is 62.4 Å². The molecule has 1 heterocycles. The minimum Gasteiger partial charge on any atom is -0.352 e. The molecule has 1 aliphatic heterocycles. The van der Waals surface area contributed by atoms with Gasteiger partial charge in [-0.1, -0.05) is 18.6 Å². The average molecular weight is 319 g/mol. The van der Waals surface area contributed by atoms with E-state index in [0.717, 1.165) is 44.2 Å². The van der Waals surface area contributed by atoms with Crippen molar-refractivity contribution in [2.75, 3.05) is 13.1 Å². The highest BCUT2D eigenvalue weighted by Crippen LogP contribution is 2.26. The molecule has 4 nitrogen and oxygen atoms in total. The summed E-state index contributed by atoms with van der Waals surface area (Å²) in [5.41, 5.74) is 6.85. The zero-order valence-corrected chi connectivity index (χ0v) is 13.5. The highest BCUT2D eigenvalue weighted by molar-refractivity contribution is 5.82. The molecule has 3 atom stereocenters. The third kappa shape index (κ3) is 3.90. The number of hydrogen-bond acceptors (Lipinski definition) is 3. The Morgan fingerprint density at radius 1 is 1.22 bits per heavy atom. The molecule has 1 saturated heterocycles. The molecule has 126 valence electrons. The maximum absolute atomic E-state index is 13.0. The van der Waals surface area contributed by atoms with Crippen molar-refractivity contribution in [2.45, 2.75) is 50.7 Å². The molecule has 1 saturated carbocycles. The summed E-state index contributed by atoms with van der Waals surface area (Å²) in [6, 6.07) is 6.71. The maximum Gasteiger partial charge on any atom is 0.237 e. The lowest BCUT2D eigenvalue weighted by Crippen LogP contribution is -2.48. The van der Waals surface area contributed by atoms with Crippen LogP contribution in [0.5, 0.6) is 0 Å². The number of hydrogen-bond donors (Lipinski definition) is 2. The van der Waals surface area contributed by atoms with Gasteiger partial charge in [0.2, 0.25) is 5.91 Å². The van der Waals surface area contributed by atoms with Crippen molar-refractivity contribution < 1.29 is 9.18 Å². The number of nitrogens with zero attached hydrogens (tertiary/aromatic N) is 1. The first-order valence-corrected chi connectivity index (χ1v) is 8.66. The van der Waals surface area contributed by atoms with Crippen molar-refractivity contribution >= 4 is 5.91 Å². The zero-order chi connectivity index (χ0) is 16.2. The van der Waals surface area contributed by atoms with Gasteiger partial charge in [-0.15, -0.1) is 0 Å². The molecule has 5 heteroatoms. The summed E-state index contributed by atoms with van der Waals surface area (Å²) in [7, 11) is 0. The summed E-state index contributed by atoms with van der Waals surface area (Å²) in [6.07, 6.45) is 5.23.